The maximum Gasteiger partial charge on any atom is 1.00 e. The molecule has 0 aromatic carbocycles. The summed E-state index contributed by atoms with van der Waals surface area (Å²) in [7, 11) is 0. The van der Waals surface area contributed by atoms with Gasteiger partial charge in [0.2, 0.25) is 5.91 Å². The molecule has 0 bridgehead atoms. The van der Waals surface area contributed by atoms with Gasteiger partial charge < -0.3 is 17.0 Å². The van der Waals surface area contributed by atoms with E-state index in [0.29, 0.717) is 0 Å². The van der Waals surface area contributed by atoms with E-state index in [1.165, 1.54) is 0 Å². The van der Waals surface area contributed by atoms with E-state index >= 15 is 0 Å². The Morgan fingerprint density at radius 3 is 2.33 bits per heavy atom. The summed E-state index contributed by atoms with van der Waals surface area (Å²) in [6.45, 7) is 2.65. The maximum atomic E-state index is 10.4. The topological polar surface area (TPSA) is 41.1 Å². The molecule has 1 heterocycles. The molecule has 5 heteroatoms. The number of rotatable bonds is 0. The number of carbonyl (C=O) groups is 1. The zero-order valence-corrected chi connectivity index (χ0v) is 10.3. The molecule has 1 rings (SSSR count). The molecule has 1 atom stereocenters. The van der Waals surface area contributed by atoms with Gasteiger partial charge in [0.1, 0.15) is 0 Å². The molecule has 0 aromatic rings. The fourth-order valence-corrected chi connectivity index (χ4v) is 0.507. The van der Waals surface area contributed by atoms with E-state index in [2.05, 4.69) is 10.9 Å². The van der Waals surface area contributed by atoms with Crippen LogP contribution in [0.5, 0.6) is 0 Å². The van der Waals surface area contributed by atoms with Crippen LogP contribution in [0, 0.1) is 5.92 Å². The molecule has 0 radical (unpaired) electrons. The number of nitrogens with one attached hydrogen (secondary N) is 2. The average Bonchev–Trinajstić information content (AvgIpc) is 1.91. The Labute approximate surface area is 107 Å². The minimum Gasteiger partial charge on any atom is -1.00 e. The van der Waals surface area contributed by atoms with Gasteiger partial charge in [-0.3, -0.25) is 10.2 Å². The first kappa shape index (κ1) is 13.2. The SMILES string of the molecule is CC1CNNC1=O.[Br-].[K+]. The van der Waals surface area contributed by atoms with Crippen LogP contribution in [-0.4, -0.2) is 12.5 Å². The number of hydrazine groups is 1. The van der Waals surface area contributed by atoms with Crippen molar-refractivity contribution in [1.29, 1.82) is 0 Å². The van der Waals surface area contributed by atoms with Crippen LogP contribution in [0.2, 0.25) is 0 Å². The van der Waals surface area contributed by atoms with Crippen molar-refractivity contribution in [3.8, 4) is 0 Å². The maximum absolute atomic E-state index is 10.4. The van der Waals surface area contributed by atoms with Gasteiger partial charge in [0.25, 0.3) is 0 Å². The minimum absolute atomic E-state index is 0. The van der Waals surface area contributed by atoms with Crippen molar-refractivity contribution in [2.24, 2.45) is 5.92 Å². The van der Waals surface area contributed by atoms with Crippen molar-refractivity contribution in [3.05, 3.63) is 0 Å². The van der Waals surface area contributed by atoms with Crippen molar-refractivity contribution in [1.82, 2.24) is 10.9 Å². The summed E-state index contributed by atoms with van der Waals surface area (Å²) >= 11 is 0. The van der Waals surface area contributed by atoms with Crippen LogP contribution >= 0.6 is 0 Å². The largest absolute Gasteiger partial charge is 1.00 e. The Morgan fingerprint density at radius 2 is 2.22 bits per heavy atom. The van der Waals surface area contributed by atoms with Crippen molar-refractivity contribution >= 4 is 5.91 Å². The number of hydrogen-bond acceptors (Lipinski definition) is 2. The molecule has 0 aliphatic carbocycles. The second-order valence-corrected chi connectivity index (χ2v) is 1.77. The molecule has 0 spiro atoms. The van der Waals surface area contributed by atoms with E-state index in [1.54, 1.807) is 0 Å². The summed E-state index contributed by atoms with van der Waals surface area (Å²) in [5.41, 5.74) is 5.20. The van der Waals surface area contributed by atoms with Crippen molar-refractivity contribution in [2.45, 2.75) is 6.92 Å². The quantitative estimate of drug-likeness (QED) is 0.398. The molecule has 1 amide bonds. The zero-order chi connectivity index (χ0) is 5.28. The summed E-state index contributed by atoms with van der Waals surface area (Å²) in [6.07, 6.45) is 0. The molecule has 0 saturated carbocycles. The third kappa shape index (κ3) is 4.08. The van der Waals surface area contributed by atoms with Gasteiger partial charge in [-0.05, 0) is 0 Å². The van der Waals surface area contributed by atoms with Crippen LogP contribution in [0.25, 0.3) is 0 Å². The summed E-state index contributed by atoms with van der Waals surface area (Å²) in [5.74, 6) is 0.250. The van der Waals surface area contributed by atoms with Crippen LogP contribution in [0.4, 0.5) is 0 Å². The van der Waals surface area contributed by atoms with E-state index in [9.17, 15) is 4.79 Å². The van der Waals surface area contributed by atoms with E-state index < -0.39 is 0 Å². The molecule has 48 valence electrons. The van der Waals surface area contributed by atoms with Gasteiger partial charge in [0.05, 0.1) is 5.92 Å². The second-order valence-electron chi connectivity index (χ2n) is 1.77. The normalized spacial score (nSPS) is 23.7. The Kier molecular flexibility index (Phi) is 9.17. The summed E-state index contributed by atoms with van der Waals surface area (Å²) in [5, 5.41) is 0. The van der Waals surface area contributed by atoms with E-state index in [1.807, 2.05) is 6.92 Å². The van der Waals surface area contributed by atoms with Gasteiger partial charge in [-0.15, -0.1) is 0 Å². The van der Waals surface area contributed by atoms with Crippen LogP contribution in [0.3, 0.4) is 0 Å². The predicted octanol–water partition coefficient (Wildman–Crippen LogP) is -6.74. The summed E-state index contributed by atoms with van der Waals surface area (Å²) in [4.78, 5) is 10.4. The second kappa shape index (κ2) is 6.27. The Morgan fingerprint density at radius 1 is 1.67 bits per heavy atom. The average molecular weight is 219 g/mol. The fraction of sp³-hybridized carbons (Fsp3) is 0.750. The van der Waals surface area contributed by atoms with Gasteiger partial charge in [-0.25, -0.2) is 5.43 Å². The number of carbonyl (C=O) groups excluding carboxylic acids is 1. The Hall–Kier alpha value is 1.55. The van der Waals surface area contributed by atoms with Gasteiger partial charge in [-0.1, -0.05) is 6.92 Å². The molecule has 1 saturated heterocycles. The molecule has 0 aromatic heterocycles. The first-order valence-corrected chi connectivity index (χ1v) is 2.33. The van der Waals surface area contributed by atoms with Crippen LogP contribution in [0.15, 0.2) is 0 Å². The first-order valence-electron chi connectivity index (χ1n) is 2.33. The summed E-state index contributed by atoms with van der Waals surface area (Å²) < 4.78 is 0. The molecule has 1 aliphatic rings. The van der Waals surface area contributed by atoms with Crippen LogP contribution in [-0.2, 0) is 4.79 Å². The van der Waals surface area contributed by atoms with E-state index in [0.717, 1.165) is 6.54 Å². The third-order valence-corrected chi connectivity index (χ3v) is 1.07. The molecule has 1 aliphatic heterocycles. The first-order chi connectivity index (χ1) is 3.30. The zero-order valence-electron chi connectivity index (χ0n) is 5.57. The molecule has 1 fully saturated rings. The molecule has 2 N–H and O–H groups in total. The minimum atomic E-state index is 0. The smallest absolute Gasteiger partial charge is 1.00 e. The molecule has 3 nitrogen and oxygen atoms in total. The summed E-state index contributed by atoms with van der Waals surface area (Å²) in [6, 6.07) is 0. The Bertz CT molecular complexity index is 101. The Balaban J connectivity index is 0. The van der Waals surface area contributed by atoms with Crippen molar-refractivity contribution < 1.29 is 73.2 Å². The van der Waals surface area contributed by atoms with Gasteiger partial charge >= 0.3 is 51.4 Å². The van der Waals surface area contributed by atoms with Crippen LogP contribution in [0.1, 0.15) is 6.92 Å². The molecular formula is C4H8BrKN2O. The van der Waals surface area contributed by atoms with Gasteiger partial charge in [0, 0.05) is 6.54 Å². The number of amides is 1. The number of halogens is 1. The van der Waals surface area contributed by atoms with Gasteiger partial charge in [-0.2, -0.15) is 0 Å². The van der Waals surface area contributed by atoms with Crippen molar-refractivity contribution in [3.63, 3.8) is 0 Å². The monoisotopic (exact) mass is 218 g/mol. The fourth-order valence-electron chi connectivity index (χ4n) is 0.507. The third-order valence-electron chi connectivity index (χ3n) is 1.07. The predicted molar refractivity (Wildman–Crippen MR) is 25.3 cm³/mol. The van der Waals surface area contributed by atoms with Crippen molar-refractivity contribution in [2.75, 3.05) is 6.54 Å². The molecule has 1 unspecified atom stereocenters. The van der Waals surface area contributed by atoms with Crippen LogP contribution < -0.4 is 79.2 Å². The van der Waals surface area contributed by atoms with Gasteiger partial charge in [0.15, 0.2) is 0 Å². The standard InChI is InChI=1S/C4H8N2O.BrH.K/c1-3-2-5-6-4(3)7;;/h3,5H,2H2,1H3,(H,6,7);1H;/q;;+1/p-1. The molecule has 9 heavy (non-hydrogen) atoms. The van der Waals surface area contributed by atoms with E-state index in [-0.39, 0.29) is 80.2 Å². The van der Waals surface area contributed by atoms with E-state index in [4.69, 9.17) is 0 Å². The molecular weight excluding hydrogens is 211 g/mol. The number of hydrogen-bond donors (Lipinski definition) is 2.